The Hall–Kier alpha value is -2.27. The lowest BCUT2D eigenvalue weighted by Crippen LogP contribution is -2.16. The smallest absolute Gasteiger partial charge is 0.262 e. The van der Waals surface area contributed by atoms with Crippen molar-refractivity contribution in [2.75, 3.05) is 4.72 Å². The molecule has 0 spiro atoms. The maximum absolute atomic E-state index is 13.2. The van der Waals surface area contributed by atoms with Crippen LogP contribution >= 0.6 is 0 Å². The highest BCUT2D eigenvalue weighted by molar-refractivity contribution is 7.92. The summed E-state index contributed by atoms with van der Waals surface area (Å²) < 4.78 is 35.3. The van der Waals surface area contributed by atoms with Gasteiger partial charge in [0.25, 0.3) is 10.0 Å². The number of rotatable bonds is 3. The van der Waals surface area contributed by atoms with Gasteiger partial charge in [0.15, 0.2) is 0 Å². The van der Waals surface area contributed by atoms with Crippen molar-refractivity contribution < 1.29 is 12.8 Å². The Morgan fingerprint density at radius 1 is 1.00 bits per heavy atom. The molecular weight excluding hydrogens is 370 g/mol. The number of aryl methyl sites for hydroxylation is 5. The third kappa shape index (κ3) is 3.22. The molecule has 0 aliphatic heterocycles. The van der Waals surface area contributed by atoms with Gasteiger partial charge in [0.2, 0.25) is 0 Å². The van der Waals surface area contributed by atoms with Crippen molar-refractivity contribution in [1.82, 2.24) is 0 Å². The molecule has 1 aliphatic carbocycles. The van der Waals surface area contributed by atoms with Gasteiger partial charge in [-0.3, -0.25) is 4.72 Å². The van der Waals surface area contributed by atoms with Gasteiger partial charge < -0.3 is 4.42 Å². The lowest BCUT2D eigenvalue weighted by molar-refractivity contribution is 0.438. The molecule has 0 saturated carbocycles. The van der Waals surface area contributed by atoms with Crippen LogP contribution in [0.3, 0.4) is 0 Å². The van der Waals surface area contributed by atoms with Gasteiger partial charge in [-0.25, -0.2) is 8.42 Å². The molecule has 3 aromatic rings. The number of fused-ring (bicyclic) bond motifs is 3. The first-order valence-corrected chi connectivity index (χ1v) is 11.3. The van der Waals surface area contributed by atoms with Crippen LogP contribution in [-0.2, 0) is 22.9 Å². The summed E-state index contributed by atoms with van der Waals surface area (Å²) in [5.41, 5.74) is 6.15. The minimum atomic E-state index is -3.68. The molecule has 1 aromatic heterocycles. The molecule has 148 valence electrons. The first kappa shape index (κ1) is 19.1. The van der Waals surface area contributed by atoms with E-state index in [-0.39, 0.29) is 0 Å². The van der Waals surface area contributed by atoms with E-state index in [4.69, 9.17) is 4.42 Å². The van der Waals surface area contributed by atoms with Crippen LogP contribution in [0, 0.1) is 33.6 Å². The van der Waals surface area contributed by atoms with Crippen molar-refractivity contribution in [3.05, 3.63) is 57.8 Å². The van der Waals surface area contributed by atoms with E-state index in [1.807, 2.05) is 52.0 Å². The summed E-state index contributed by atoms with van der Waals surface area (Å²) in [6, 6.07) is 7.71. The molecule has 0 fully saturated rings. The van der Waals surface area contributed by atoms with E-state index in [0.717, 1.165) is 58.2 Å². The van der Waals surface area contributed by atoms with E-state index in [1.165, 1.54) is 5.56 Å². The molecule has 0 saturated heterocycles. The maximum atomic E-state index is 13.2. The van der Waals surface area contributed by atoms with Crippen molar-refractivity contribution in [3.63, 3.8) is 0 Å². The van der Waals surface area contributed by atoms with Crippen LogP contribution in [0.2, 0.25) is 0 Å². The number of benzene rings is 2. The van der Waals surface area contributed by atoms with Crippen LogP contribution in [0.1, 0.15) is 46.9 Å². The molecule has 1 atom stereocenters. The SMILES string of the molecule is Cc1cc(C)c(S(=O)(=O)Nc2cc3c4c(oc3cc2C)CC[C@@H](C)C4)c(C)c1. The molecule has 1 heterocycles. The quantitative estimate of drug-likeness (QED) is 0.626. The normalized spacial score (nSPS) is 17.0. The fourth-order valence-electron chi connectivity index (χ4n) is 4.50. The Balaban J connectivity index is 1.79. The van der Waals surface area contributed by atoms with E-state index in [1.54, 1.807) is 0 Å². The number of furan rings is 1. The largest absolute Gasteiger partial charge is 0.461 e. The minimum Gasteiger partial charge on any atom is -0.461 e. The minimum absolute atomic E-state index is 0.362. The summed E-state index contributed by atoms with van der Waals surface area (Å²) in [5.74, 6) is 1.67. The summed E-state index contributed by atoms with van der Waals surface area (Å²) in [4.78, 5) is 0.362. The zero-order valence-corrected chi connectivity index (χ0v) is 18.0. The van der Waals surface area contributed by atoms with E-state index >= 15 is 0 Å². The standard InChI is InChI=1S/C23H27NO3S/c1-13-6-7-21-18(10-13)19-12-20(15(3)11-22(19)27-21)24-28(25,26)23-16(4)8-14(2)9-17(23)5/h8-9,11-13,24H,6-7,10H2,1-5H3/t13-/m1/s1. The first-order valence-electron chi connectivity index (χ1n) is 9.81. The van der Waals surface area contributed by atoms with Crippen molar-refractivity contribution >= 4 is 26.7 Å². The predicted octanol–water partition coefficient (Wildman–Crippen LogP) is 5.59. The van der Waals surface area contributed by atoms with Gasteiger partial charge in [-0.2, -0.15) is 0 Å². The van der Waals surface area contributed by atoms with E-state index < -0.39 is 10.0 Å². The zero-order valence-electron chi connectivity index (χ0n) is 17.1. The fourth-order valence-corrected chi connectivity index (χ4v) is 6.07. The monoisotopic (exact) mass is 397 g/mol. The predicted molar refractivity (Wildman–Crippen MR) is 114 cm³/mol. The van der Waals surface area contributed by atoms with Gasteiger partial charge >= 0.3 is 0 Å². The second-order valence-corrected chi connectivity index (χ2v) is 9.97. The second kappa shape index (κ2) is 6.66. The Morgan fingerprint density at radius 3 is 2.36 bits per heavy atom. The van der Waals surface area contributed by atoms with Crippen molar-refractivity contribution in [2.24, 2.45) is 5.92 Å². The average Bonchev–Trinajstić information content (AvgIpc) is 2.90. The lowest BCUT2D eigenvalue weighted by Gasteiger charge is -2.17. The molecule has 1 aliphatic rings. The van der Waals surface area contributed by atoms with E-state index in [0.29, 0.717) is 16.5 Å². The molecular formula is C23H27NO3S. The topological polar surface area (TPSA) is 59.3 Å². The molecule has 0 radical (unpaired) electrons. The lowest BCUT2D eigenvalue weighted by atomic mass is 9.88. The van der Waals surface area contributed by atoms with Crippen LogP contribution in [0.5, 0.6) is 0 Å². The van der Waals surface area contributed by atoms with Crippen LogP contribution in [0.25, 0.3) is 11.0 Å². The molecule has 0 bridgehead atoms. The summed E-state index contributed by atoms with van der Waals surface area (Å²) in [6.07, 6.45) is 3.07. The van der Waals surface area contributed by atoms with Gasteiger partial charge in [-0.15, -0.1) is 0 Å². The third-order valence-corrected chi connectivity index (χ3v) is 7.43. The Labute approximate surface area is 167 Å². The van der Waals surface area contributed by atoms with Crippen molar-refractivity contribution in [3.8, 4) is 0 Å². The maximum Gasteiger partial charge on any atom is 0.262 e. The van der Waals surface area contributed by atoms with E-state index in [9.17, 15) is 8.42 Å². The van der Waals surface area contributed by atoms with Crippen molar-refractivity contribution in [2.45, 2.75) is 58.8 Å². The Morgan fingerprint density at radius 2 is 1.68 bits per heavy atom. The van der Waals surface area contributed by atoms with Crippen LogP contribution in [0.15, 0.2) is 33.6 Å². The zero-order chi connectivity index (χ0) is 20.2. The Kier molecular flexibility index (Phi) is 4.53. The highest BCUT2D eigenvalue weighted by Gasteiger charge is 2.25. The van der Waals surface area contributed by atoms with Gasteiger partial charge in [0, 0.05) is 17.4 Å². The number of hydrogen-bond acceptors (Lipinski definition) is 3. The molecule has 4 rings (SSSR count). The molecule has 5 heteroatoms. The molecule has 1 N–H and O–H groups in total. The van der Waals surface area contributed by atoms with E-state index in [2.05, 4.69) is 11.6 Å². The number of hydrogen-bond donors (Lipinski definition) is 1. The average molecular weight is 398 g/mol. The van der Waals surface area contributed by atoms with Crippen molar-refractivity contribution in [1.29, 1.82) is 0 Å². The van der Waals surface area contributed by atoms with Gasteiger partial charge in [0.05, 0.1) is 10.6 Å². The number of sulfonamides is 1. The fraction of sp³-hybridized carbons (Fsp3) is 0.391. The summed E-state index contributed by atoms with van der Waals surface area (Å²) in [5, 5.41) is 1.03. The molecule has 28 heavy (non-hydrogen) atoms. The summed E-state index contributed by atoms with van der Waals surface area (Å²) >= 11 is 0. The number of nitrogens with one attached hydrogen (secondary N) is 1. The highest BCUT2D eigenvalue weighted by Crippen LogP contribution is 2.37. The molecule has 4 nitrogen and oxygen atoms in total. The van der Waals surface area contributed by atoms with Gasteiger partial charge in [0.1, 0.15) is 11.3 Å². The molecule has 2 aromatic carbocycles. The van der Waals surface area contributed by atoms with Gasteiger partial charge in [-0.1, -0.05) is 24.6 Å². The van der Waals surface area contributed by atoms with Crippen LogP contribution in [-0.4, -0.2) is 8.42 Å². The number of anilines is 1. The van der Waals surface area contributed by atoms with Gasteiger partial charge in [-0.05, 0) is 75.3 Å². The molecule has 0 unspecified atom stereocenters. The Bertz CT molecular complexity index is 1170. The molecule has 0 amide bonds. The van der Waals surface area contributed by atoms with Crippen LogP contribution < -0.4 is 4.72 Å². The second-order valence-electron chi connectivity index (χ2n) is 8.35. The summed E-state index contributed by atoms with van der Waals surface area (Å²) in [6.45, 7) is 9.83. The highest BCUT2D eigenvalue weighted by atomic mass is 32.2. The third-order valence-electron chi connectivity index (χ3n) is 5.76. The summed E-state index contributed by atoms with van der Waals surface area (Å²) in [7, 11) is -3.68. The first-order chi connectivity index (χ1) is 13.2. The van der Waals surface area contributed by atoms with Crippen LogP contribution in [0.4, 0.5) is 5.69 Å².